The number of hydrogen-bond donors (Lipinski definition) is 1. The van der Waals surface area contributed by atoms with Crippen LogP contribution in [-0.4, -0.2) is 20.7 Å². The van der Waals surface area contributed by atoms with Gasteiger partial charge in [0.15, 0.2) is 0 Å². The van der Waals surface area contributed by atoms with E-state index in [9.17, 15) is 4.79 Å². The second kappa shape index (κ2) is 6.43. The topological polar surface area (TPSA) is 83.6 Å². The van der Waals surface area contributed by atoms with Gasteiger partial charge in [0.2, 0.25) is 5.13 Å². The molecule has 6 nitrogen and oxygen atoms in total. The molecule has 1 amide bonds. The number of fused-ring (bicyclic) bond motifs is 1. The third-order valence-corrected chi connectivity index (χ3v) is 4.80. The van der Waals surface area contributed by atoms with Crippen molar-refractivity contribution < 1.29 is 4.79 Å². The van der Waals surface area contributed by atoms with Crippen LogP contribution >= 0.6 is 11.3 Å². The molecule has 0 spiro atoms. The summed E-state index contributed by atoms with van der Waals surface area (Å²) in [5.74, 6) is 0.235. The Labute approximate surface area is 153 Å². The number of anilines is 1. The second-order valence-corrected chi connectivity index (χ2v) is 6.70. The van der Waals surface area contributed by atoms with E-state index in [0.717, 1.165) is 15.9 Å². The molecule has 2 aromatic carbocycles. The summed E-state index contributed by atoms with van der Waals surface area (Å²) < 4.78 is 2.68. The van der Waals surface area contributed by atoms with Crippen molar-refractivity contribution in [3.8, 4) is 11.2 Å². The zero-order valence-corrected chi connectivity index (χ0v) is 14.6. The van der Waals surface area contributed by atoms with Crippen LogP contribution in [0.4, 0.5) is 5.82 Å². The number of benzene rings is 2. The summed E-state index contributed by atoms with van der Waals surface area (Å²) in [6, 6.07) is 18.2. The molecular formula is C19H13N5OS. The van der Waals surface area contributed by atoms with Crippen LogP contribution in [0.2, 0.25) is 0 Å². The van der Waals surface area contributed by atoms with E-state index in [2.05, 4.69) is 15.4 Å². The number of hydrogen-bond acceptors (Lipinski definition) is 5. The Bertz CT molecular complexity index is 1140. The van der Waals surface area contributed by atoms with Gasteiger partial charge in [-0.3, -0.25) is 4.79 Å². The molecule has 0 radical (unpaired) electrons. The van der Waals surface area contributed by atoms with Crippen molar-refractivity contribution in [1.29, 1.82) is 5.26 Å². The summed E-state index contributed by atoms with van der Waals surface area (Å²) in [6.07, 6.45) is 0. The molecule has 0 fully saturated rings. The Balaban J connectivity index is 1.69. The van der Waals surface area contributed by atoms with Crippen LogP contribution in [0.15, 0.2) is 54.6 Å². The maximum Gasteiger partial charge on any atom is 0.256 e. The maximum absolute atomic E-state index is 12.6. The number of nitrogens with zero attached hydrogens (tertiary/aromatic N) is 4. The number of aryl methyl sites for hydroxylation is 1. The van der Waals surface area contributed by atoms with Gasteiger partial charge in [0, 0.05) is 11.6 Å². The van der Waals surface area contributed by atoms with Gasteiger partial charge in [-0.1, -0.05) is 29.5 Å². The zero-order chi connectivity index (χ0) is 18.1. The van der Waals surface area contributed by atoms with Gasteiger partial charge in [-0.15, -0.1) is 0 Å². The molecule has 2 heterocycles. The lowest BCUT2D eigenvalue weighted by atomic mass is 10.1. The largest absolute Gasteiger partial charge is 0.306 e. The molecule has 126 valence electrons. The van der Waals surface area contributed by atoms with Crippen LogP contribution in [0, 0.1) is 18.3 Å². The summed E-state index contributed by atoms with van der Waals surface area (Å²) in [5, 5.41) is 17.0. The van der Waals surface area contributed by atoms with E-state index in [0.29, 0.717) is 22.1 Å². The standard InChI is InChI=1S/C19H13N5OS/c1-12-9-17(22-18(25)14-6-4-5-13(10-14)11-20)24(23-12)19-21-15-7-2-3-8-16(15)26-19/h2-10H,1H3,(H,22,25). The molecule has 0 atom stereocenters. The highest BCUT2D eigenvalue weighted by Gasteiger charge is 2.15. The Kier molecular flexibility index (Phi) is 3.95. The molecule has 0 aliphatic heterocycles. The summed E-state index contributed by atoms with van der Waals surface area (Å²) in [5.41, 5.74) is 2.51. The van der Waals surface area contributed by atoms with Crippen molar-refractivity contribution in [3.05, 3.63) is 71.4 Å². The first-order valence-electron chi connectivity index (χ1n) is 7.88. The van der Waals surface area contributed by atoms with E-state index in [-0.39, 0.29) is 5.91 Å². The van der Waals surface area contributed by atoms with Crippen molar-refractivity contribution in [2.24, 2.45) is 0 Å². The summed E-state index contributed by atoms with van der Waals surface area (Å²) in [6.45, 7) is 1.86. The molecule has 2 aromatic heterocycles. The van der Waals surface area contributed by atoms with Crippen molar-refractivity contribution in [1.82, 2.24) is 14.8 Å². The number of carbonyl (C=O) groups excluding carboxylic acids is 1. The van der Waals surface area contributed by atoms with Crippen molar-refractivity contribution in [2.45, 2.75) is 6.92 Å². The number of thiazole rings is 1. The lowest BCUT2D eigenvalue weighted by Gasteiger charge is -2.06. The molecule has 0 aliphatic rings. The summed E-state index contributed by atoms with van der Waals surface area (Å²) in [4.78, 5) is 17.2. The van der Waals surface area contributed by atoms with Gasteiger partial charge < -0.3 is 5.32 Å². The van der Waals surface area contributed by atoms with E-state index in [4.69, 9.17) is 5.26 Å². The van der Waals surface area contributed by atoms with Crippen molar-refractivity contribution in [3.63, 3.8) is 0 Å². The molecule has 0 saturated carbocycles. The van der Waals surface area contributed by atoms with Crippen molar-refractivity contribution >= 4 is 33.3 Å². The predicted octanol–water partition coefficient (Wildman–Crippen LogP) is 3.91. The lowest BCUT2D eigenvalue weighted by molar-refractivity contribution is 0.102. The first-order valence-corrected chi connectivity index (χ1v) is 8.70. The molecule has 0 aliphatic carbocycles. The van der Waals surface area contributed by atoms with Crippen LogP contribution in [0.5, 0.6) is 0 Å². The van der Waals surface area contributed by atoms with E-state index < -0.39 is 0 Å². The highest BCUT2D eigenvalue weighted by Crippen LogP contribution is 2.27. The average molecular weight is 359 g/mol. The fraction of sp³-hybridized carbons (Fsp3) is 0.0526. The van der Waals surface area contributed by atoms with Crippen molar-refractivity contribution in [2.75, 3.05) is 5.32 Å². The Morgan fingerprint density at radius 2 is 2.04 bits per heavy atom. The zero-order valence-electron chi connectivity index (χ0n) is 13.8. The summed E-state index contributed by atoms with van der Waals surface area (Å²) in [7, 11) is 0. The monoisotopic (exact) mass is 359 g/mol. The number of para-hydroxylation sites is 1. The molecule has 0 bridgehead atoms. The Hall–Kier alpha value is -3.50. The van der Waals surface area contributed by atoms with Crippen LogP contribution in [0.1, 0.15) is 21.6 Å². The number of amides is 1. The molecule has 4 rings (SSSR count). The first-order chi connectivity index (χ1) is 12.6. The van der Waals surface area contributed by atoms with Gasteiger partial charge in [-0.25, -0.2) is 4.98 Å². The Morgan fingerprint density at radius 3 is 2.85 bits per heavy atom. The highest BCUT2D eigenvalue weighted by atomic mass is 32.1. The van der Waals surface area contributed by atoms with E-state index in [1.54, 1.807) is 35.0 Å². The molecule has 1 N–H and O–H groups in total. The molecular weight excluding hydrogens is 346 g/mol. The fourth-order valence-electron chi connectivity index (χ4n) is 2.60. The van der Waals surface area contributed by atoms with Crippen LogP contribution in [0.25, 0.3) is 15.3 Å². The minimum atomic E-state index is -0.302. The minimum Gasteiger partial charge on any atom is -0.306 e. The van der Waals surface area contributed by atoms with E-state index >= 15 is 0 Å². The van der Waals surface area contributed by atoms with Gasteiger partial charge >= 0.3 is 0 Å². The molecule has 0 unspecified atom stereocenters. The predicted molar refractivity (Wildman–Crippen MR) is 101 cm³/mol. The van der Waals surface area contributed by atoms with Gasteiger partial charge in [0.05, 0.1) is 27.5 Å². The van der Waals surface area contributed by atoms with Gasteiger partial charge in [0.25, 0.3) is 5.91 Å². The highest BCUT2D eigenvalue weighted by molar-refractivity contribution is 7.20. The van der Waals surface area contributed by atoms with Gasteiger partial charge in [-0.2, -0.15) is 15.0 Å². The maximum atomic E-state index is 12.6. The summed E-state index contributed by atoms with van der Waals surface area (Å²) >= 11 is 1.50. The normalized spacial score (nSPS) is 10.6. The smallest absolute Gasteiger partial charge is 0.256 e. The van der Waals surface area contributed by atoms with Crippen LogP contribution in [0.3, 0.4) is 0 Å². The fourth-order valence-corrected chi connectivity index (χ4v) is 3.53. The molecule has 26 heavy (non-hydrogen) atoms. The minimum absolute atomic E-state index is 0.302. The number of rotatable bonds is 3. The molecule has 0 saturated heterocycles. The van der Waals surface area contributed by atoms with Gasteiger partial charge in [-0.05, 0) is 37.3 Å². The molecule has 4 aromatic rings. The number of nitriles is 1. The quantitative estimate of drug-likeness (QED) is 0.601. The Morgan fingerprint density at radius 1 is 1.19 bits per heavy atom. The average Bonchev–Trinajstić information content (AvgIpc) is 3.24. The number of carbonyl (C=O) groups is 1. The third-order valence-electron chi connectivity index (χ3n) is 3.79. The lowest BCUT2D eigenvalue weighted by Crippen LogP contribution is -2.15. The number of nitrogens with one attached hydrogen (secondary N) is 1. The SMILES string of the molecule is Cc1cc(NC(=O)c2cccc(C#N)c2)n(-c2nc3ccccc3s2)n1. The van der Waals surface area contributed by atoms with Crippen LogP contribution < -0.4 is 5.32 Å². The second-order valence-electron chi connectivity index (χ2n) is 5.69. The van der Waals surface area contributed by atoms with E-state index in [1.807, 2.05) is 37.3 Å². The van der Waals surface area contributed by atoms with Crippen LogP contribution in [-0.2, 0) is 0 Å². The van der Waals surface area contributed by atoms with Gasteiger partial charge in [0.1, 0.15) is 5.82 Å². The first kappa shape index (κ1) is 16.0. The van der Waals surface area contributed by atoms with E-state index in [1.165, 1.54) is 11.3 Å². The third kappa shape index (κ3) is 2.94. The molecule has 7 heteroatoms. The number of aromatic nitrogens is 3.